The summed E-state index contributed by atoms with van der Waals surface area (Å²) in [7, 11) is 0. The molecule has 3 N–H and O–H groups in total. The predicted octanol–water partition coefficient (Wildman–Crippen LogP) is 2.57. The van der Waals surface area contributed by atoms with Gasteiger partial charge in [-0.3, -0.25) is 19.7 Å². The summed E-state index contributed by atoms with van der Waals surface area (Å²) in [5.74, 6) is -1.19. The van der Waals surface area contributed by atoms with Gasteiger partial charge >= 0.3 is 6.03 Å². The third-order valence-corrected chi connectivity index (χ3v) is 6.54. The van der Waals surface area contributed by atoms with Gasteiger partial charge in [0.15, 0.2) is 0 Å². The molecule has 0 radical (unpaired) electrons. The van der Waals surface area contributed by atoms with E-state index in [2.05, 4.69) is 22.0 Å². The smallest absolute Gasteiger partial charge is 0.319 e. The molecule has 1 aromatic heterocycles. The van der Waals surface area contributed by atoms with Crippen molar-refractivity contribution in [3.8, 4) is 0 Å². The summed E-state index contributed by atoms with van der Waals surface area (Å²) in [6, 6.07) is 0.874. The molecule has 0 spiro atoms. The maximum atomic E-state index is 12.7. The molecule has 1 aliphatic heterocycles. The van der Waals surface area contributed by atoms with E-state index in [0.717, 1.165) is 34.6 Å². The highest BCUT2D eigenvalue weighted by Gasteiger charge is 2.36. The number of hydrogen-bond donors (Lipinski definition) is 3. The van der Waals surface area contributed by atoms with E-state index in [0.29, 0.717) is 18.0 Å². The molecule has 160 valence electrons. The molecule has 8 nitrogen and oxygen atoms in total. The van der Waals surface area contributed by atoms with Gasteiger partial charge in [0.1, 0.15) is 6.04 Å². The summed E-state index contributed by atoms with van der Waals surface area (Å²) < 4.78 is 0. The van der Waals surface area contributed by atoms with Crippen molar-refractivity contribution in [3.05, 3.63) is 44.3 Å². The molecular formula is C21H26N4O4S. The monoisotopic (exact) mass is 430 g/mol. The van der Waals surface area contributed by atoms with Crippen LogP contribution in [0.3, 0.4) is 0 Å². The lowest BCUT2D eigenvalue weighted by Crippen LogP contribution is -2.46. The second-order valence-electron chi connectivity index (χ2n) is 7.56. The first kappa shape index (κ1) is 21.8. The van der Waals surface area contributed by atoms with E-state index in [9.17, 15) is 19.2 Å². The summed E-state index contributed by atoms with van der Waals surface area (Å²) in [5.41, 5.74) is 4.04. The third-order valence-electron chi connectivity index (χ3n) is 5.38. The van der Waals surface area contributed by atoms with Crippen molar-refractivity contribution >= 4 is 35.1 Å². The summed E-state index contributed by atoms with van der Waals surface area (Å²) >= 11 is 1.31. The lowest BCUT2D eigenvalue weighted by atomic mass is 9.97. The lowest BCUT2D eigenvalue weighted by molar-refractivity contribution is -0.131. The van der Waals surface area contributed by atoms with E-state index in [1.54, 1.807) is 6.92 Å². The number of hydrogen-bond acceptors (Lipinski definition) is 5. The molecule has 9 heteroatoms. The van der Waals surface area contributed by atoms with Gasteiger partial charge in [-0.2, -0.15) is 0 Å². The highest BCUT2D eigenvalue weighted by atomic mass is 32.1. The Hall–Kier alpha value is -2.94. The molecule has 1 aliphatic carbocycles. The molecule has 3 rings (SSSR count). The van der Waals surface area contributed by atoms with E-state index < -0.39 is 17.9 Å². The minimum absolute atomic E-state index is 0.234. The molecule has 2 heterocycles. The molecule has 1 aromatic rings. The molecule has 0 aromatic carbocycles. The SMILES string of the molecule is CC(=O)NC(=O)C(C)N1Cc2cc(CNC(=O)NC3=C(C)C(C)=CCC3)sc2C1=O. The van der Waals surface area contributed by atoms with Crippen LogP contribution in [0.2, 0.25) is 0 Å². The van der Waals surface area contributed by atoms with Gasteiger partial charge in [-0.1, -0.05) is 11.6 Å². The number of carbonyl (C=O) groups is 4. The third kappa shape index (κ3) is 4.62. The fourth-order valence-electron chi connectivity index (χ4n) is 3.51. The van der Waals surface area contributed by atoms with Gasteiger partial charge in [0.05, 0.1) is 11.4 Å². The first-order valence-corrected chi connectivity index (χ1v) is 10.6. The average Bonchev–Trinajstić information content (AvgIpc) is 3.21. The first-order valence-electron chi connectivity index (χ1n) is 9.83. The molecule has 0 saturated heterocycles. The van der Waals surface area contributed by atoms with Crippen molar-refractivity contribution in [1.29, 1.82) is 0 Å². The van der Waals surface area contributed by atoms with E-state index in [4.69, 9.17) is 0 Å². The fraction of sp³-hybridized carbons (Fsp3) is 0.429. The zero-order chi connectivity index (χ0) is 22.0. The van der Waals surface area contributed by atoms with Crippen LogP contribution in [0.5, 0.6) is 0 Å². The van der Waals surface area contributed by atoms with Crippen LogP contribution in [0, 0.1) is 0 Å². The molecule has 2 aliphatic rings. The number of fused-ring (bicyclic) bond motifs is 1. The van der Waals surface area contributed by atoms with Gasteiger partial charge in [0, 0.05) is 24.0 Å². The van der Waals surface area contributed by atoms with Crippen molar-refractivity contribution in [3.63, 3.8) is 0 Å². The molecule has 5 amide bonds. The Morgan fingerprint density at radius 2 is 2.00 bits per heavy atom. The molecule has 1 unspecified atom stereocenters. The van der Waals surface area contributed by atoms with Crippen molar-refractivity contribution < 1.29 is 19.2 Å². The number of rotatable bonds is 5. The number of thiophene rings is 1. The number of carbonyl (C=O) groups excluding carboxylic acids is 4. The van der Waals surface area contributed by atoms with Crippen LogP contribution >= 0.6 is 11.3 Å². The van der Waals surface area contributed by atoms with Crippen LogP contribution in [-0.2, 0) is 22.7 Å². The van der Waals surface area contributed by atoms with Gasteiger partial charge in [-0.05, 0) is 50.8 Å². The van der Waals surface area contributed by atoms with Gasteiger partial charge < -0.3 is 15.5 Å². The molecular weight excluding hydrogens is 404 g/mol. The van der Waals surface area contributed by atoms with Crippen LogP contribution in [-0.4, -0.2) is 34.7 Å². The minimum atomic E-state index is -0.738. The van der Waals surface area contributed by atoms with Crippen LogP contribution in [0.15, 0.2) is 29.0 Å². The topological polar surface area (TPSA) is 108 Å². The molecule has 30 heavy (non-hydrogen) atoms. The number of allylic oxidation sites excluding steroid dienone is 4. The van der Waals surface area contributed by atoms with Gasteiger partial charge in [0.2, 0.25) is 11.8 Å². The van der Waals surface area contributed by atoms with Crippen molar-refractivity contribution in [2.24, 2.45) is 0 Å². The Morgan fingerprint density at radius 1 is 1.27 bits per heavy atom. The van der Waals surface area contributed by atoms with Gasteiger partial charge in [-0.15, -0.1) is 11.3 Å². The van der Waals surface area contributed by atoms with Crippen LogP contribution < -0.4 is 16.0 Å². The minimum Gasteiger partial charge on any atom is -0.333 e. The Bertz CT molecular complexity index is 976. The van der Waals surface area contributed by atoms with Crippen LogP contribution in [0.25, 0.3) is 0 Å². The molecule has 0 fully saturated rings. The number of nitrogens with zero attached hydrogens (tertiary/aromatic N) is 1. The fourth-order valence-corrected chi connectivity index (χ4v) is 4.57. The van der Waals surface area contributed by atoms with Crippen molar-refractivity contribution in [2.75, 3.05) is 0 Å². The van der Waals surface area contributed by atoms with E-state index in [1.165, 1.54) is 28.7 Å². The number of nitrogens with one attached hydrogen (secondary N) is 3. The number of amides is 5. The second-order valence-corrected chi connectivity index (χ2v) is 8.70. The summed E-state index contributed by atoms with van der Waals surface area (Å²) in [4.78, 5) is 50.9. The number of urea groups is 1. The van der Waals surface area contributed by atoms with Crippen LogP contribution in [0.1, 0.15) is 60.6 Å². The Morgan fingerprint density at radius 3 is 2.67 bits per heavy atom. The summed E-state index contributed by atoms with van der Waals surface area (Å²) in [6.45, 7) is 7.51. The van der Waals surface area contributed by atoms with Crippen molar-refractivity contribution in [2.45, 2.75) is 59.7 Å². The number of imide groups is 1. The Balaban J connectivity index is 1.57. The Kier molecular flexibility index (Phi) is 6.40. The summed E-state index contributed by atoms with van der Waals surface area (Å²) in [6.07, 6.45) is 3.89. The maximum absolute atomic E-state index is 12.7. The van der Waals surface area contributed by atoms with Crippen LogP contribution in [0.4, 0.5) is 4.79 Å². The summed E-state index contributed by atoms with van der Waals surface area (Å²) in [5, 5.41) is 7.98. The van der Waals surface area contributed by atoms with E-state index in [-0.39, 0.29) is 11.9 Å². The van der Waals surface area contributed by atoms with E-state index in [1.807, 2.05) is 19.9 Å². The second kappa shape index (κ2) is 8.83. The average molecular weight is 431 g/mol. The maximum Gasteiger partial charge on any atom is 0.319 e. The molecule has 0 saturated carbocycles. The quantitative estimate of drug-likeness (QED) is 0.667. The zero-order valence-electron chi connectivity index (χ0n) is 17.5. The highest BCUT2D eigenvalue weighted by Crippen LogP contribution is 2.32. The van der Waals surface area contributed by atoms with Gasteiger partial charge in [0.25, 0.3) is 5.91 Å². The molecule has 1 atom stereocenters. The normalized spacial score (nSPS) is 16.7. The first-order chi connectivity index (χ1) is 14.2. The molecule has 0 bridgehead atoms. The van der Waals surface area contributed by atoms with E-state index >= 15 is 0 Å². The standard InChI is InChI=1S/C21H26N4O4S/c1-11-6-5-7-17(12(11)2)24-21(29)22-9-16-8-15-10-25(20(28)18(15)30-16)13(3)19(27)23-14(4)26/h6,8,13H,5,7,9-10H2,1-4H3,(H2,22,24,29)(H,23,26,27). The lowest BCUT2D eigenvalue weighted by Gasteiger charge is -2.22. The largest absolute Gasteiger partial charge is 0.333 e. The zero-order valence-corrected chi connectivity index (χ0v) is 18.4. The van der Waals surface area contributed by atoms with Gasteiger partial charge in [-0.25, -0.2) is 4.79 Å². The predicted molar refractivity (Wildman–Crippen MR) is 114 cm³/mol. The van der Waals surface area contributed by atoms with Crippen molar-refractivity contribution in [1.82, 2.24) is 20.9 Å². The highest BCUT2D eigenvalue weighted by molar-refractivity contribution is 7.14. The Labute approximate surface area is 179 Å².